The van der Waals surface area contributed by atoms with Gasteiger partial charge in [0, 0.05) is 0 Å². The molecule has 2 radical (unpaired) electrons. The first-order chi connectivity index (χ1) is 0. The molecule has 0 heterocycles. The minimum absolute atomic E-state index is 0. The fourth-order valence-electron chi connectivity index (χ4n) is 0. The fourth-order valence-corrected chi connectivity index (χ4v) is 0. The van der Waals surface area contributed by atoms with E-state index in [2.05, 4.69) is 0 Å². The Balaban J connectivity index is 0. The minimum atomic E-state index is 0. The zero-order valence-electron chi connectivity index (χ0n) is 3.41. The van der Waals surface area contributed by atoms with Gasteiger partial charge >= 0.3 is 37.1 Å². The maximum atomic E-state index is 0. The van der Waals surface area contributed by atoms with Crippen LogP contribution in [-0.4, -0.2) is 11.0 Å². The smallest absolute Gasteiger partial charge is 1.00 e. The summed E-state index contributed by atoms with van der Waals surface area (Å²) >= 11 is 0. The Morgan fingerprint density at radius 1 is 0.375 bits per heavy atom. The number of hydrogen-bond acceptors (Lipinski definition) is 0. The van der Waals surface area contributed by atoms with Gasteiger partial charge in [0.15, 0.2) is 0 Å². The number of hydrogen-bond donors (Lipinski definition) is 0. The van der Waals surface area contributed by atoms with Crippen LogP contribution in [0.15, 0.2) is 0 Å². The molecule has 0 fully saturated rings. The van der Waals surface area contributed by atoms with Crippen LogP contribution in [0.4, 0.5) is 0 Å². The van der Waals surface area contributed by atoms with Gasteiger partial charge in [0.05, 0.1) is 0 Å². The predicted molar refractivity (Wildman–Crippen MR) is 7.23 cm³/mol. The van der Waals surface area contributed by atoms with E-state index in [0.29, 0.717) is 0 Å². The predicted octanol–water partition coefficient (Wildman–Crippen LogP) is -13.6. The molecular formula is H4F4O2V2. The van der Waals surface area contributed by atoms with Crippen LogP contribution in [0.25, 0.3) is 0 Å². The van der Waals surface area contributed by atoms with Gasteiger partial charge in [0.1, 0.15) is 0 Å². The summed E-state index contributed by atoms with van der Waals surface area (Å²) in [7, 11) is 0. The quantitative estimate of drug-likeness (QED) is 0.359. The molecule has 0 saturated carbocycles. The summed E-state index contributed by atoms with van der Waals surface area (Å²) in [6.45, 7) is 0. The zero-order valence-corrected chi connectivity index (χ0v) is 6.20. The van der Waals surface area contributed by atoms with Crippen LogP contribution in [0.2, 0.25) is 0 Å². The van der Waals surface area contributed by atoms with E-state index in [0.717, 1.165) is 0 Å². The molecule has 0 atom stereocenters. The van der Waals surface area contributed by atoms with Crippen LogP contribution >= 0.6 is 0 Å². The summed E-state index contributed by atoms with van der Waals surface area (Å²) in [4.78, 5) is 0. The van der Waals surface area contributed by atoms with Crippen molar-refractivity contribution in [1.29, 1.82) is 0 Å². The van der Waals surface area contributed by atoms with E-state index < -0.39 is 0 Å². The second-order valence-corrected chi connectivity index (χ2v) is 0. The number of halogens is 4. The Labute approximate surface area is 67.3 Å². The van der Waals surface area contributed by atoms with Gasteiger partial charge in [-0.25, -0.2) is 0 Å². The molecule has 54 valence electrons. The normalized spacial score (nSPS) is 0. The molecule has 0 aromatic heterocycles. The average molecular weight is 214 g/mol. The van der Waals surface area contributed by atoms with Crippen molar-refractivity contribution in [2.75, 3.05) is 0 Å². The molecule has 0 unspecified atom stereocenters. The second kappa shape index (κ2) is 553. The molecule has 0 spiro atoms. The third-order valence-electron chi connectivity index (χ3n) is 0. The largest absolute Gasteiger partial charge is 2.00 e. The van der Waals surface area contributed by atoms with E-state index in [1.54, 1.807) is 0 Å². The van der Waals surface area contributed by atoms with Crippen LogP contribution < -0.4 is 18.8 Å². The van der Waals surface area contributed by atoms with Crippen molar-refractivity contribution >= 4 is 0 Å². The van der Waals surface area contributed by atoms with Crippen molar-refractivity contribution in [2.45, 2.75) is 0 Å². The van der Waals surface area contributed by atoms with E-state index in [9.17, 15) is 0 Å². The first-order valence-electron chi connectivity index (χ1n) is 0. The van der Waals surface area contributed by atoms with E-state index in [1.807, 2.05) is 0 Å². The zero-order chi connectivity index (χ0) is 0. The molecule has 0 aliphatic carbocycles. The van der Waals surface area contributed by atoms with Crippen molar-refractivity contribution in [2.24, 2.45) is 0 Å². The van der Waals surface area contributed by atoms with Gasteiger partial charge in [-0.1, -0.05) is 0 Å². The Morgan fingerprint density at radius 3 is 0.375 bits per heavy atom. The molecule has 2 nitrogen and oxygen atoms in total. The van der Waals surface area contributed by atoms with Gasteiger partial charge in [0.25, 0.3) is 0 Å². The van der Waals surface area contributed by atoms with Gasteiger partial charge in [-0.05, 0) is 0 Å². The van der Waals surface area contributed by atoms with Crippen molar-refractivity contribution < 1.29 is 66.9 Å². The molecule has 8 heavy (non-hydrogen) atoms. The third-order valence-corrected chi connectivity index (χ3v) is 0. The van der Waals surface area contributed by atoms with Gasteiger partial charge < -0.3 is 29.8 Å². The Bertz CT molecular complexity index is 12.0. The van der Waals surface area contributed by atoms with E-state index >= 15 is 0 Å². The molecule has 0 rings (SSSR count). The van der Waals surface area contributed by atoms with Crippen molar-refractivity contribution in [3.05, 3.63) is 0 Å². The van der Waals surface area contributed by atoms with Crippen molar-refractivity contribution in [3.8, 4) is 0 Å². The monoisotopic (exact) mass is 214 g/mol. The summed E-state index contributed by atoms with van der Waals surface area (Å²) in [5.74, 6) is 0. The molecule has 0 amide bonds. The molecule has 0 aliphatic rings. The van der Waals surface area contributed by atoms with Crippen LogP contribution in [0.5, 0.6) is 0 Å². The maximum absolute atomic E-state index is 0. The van der Waals surface area contributed by atoms with Crippen molar-refractivity contribution in [1.82, 2.24) is 0 Å². The summed E-state index contributed by atoms with van der Waals surface area (Å²) in [6.07, 6.45) is 0. The number of rotatable bonds is 0. The maximum Gasteiger partial charge on any atom is 2.00 e. The van der Waals surface area contributed by atoms with Gasteiger partial charge in [0.2, 0.25) is 0 Å². The molecule has 0 bridgehead atoms. The second-order valence-electron chi connectivity index (χ2n) is 0. The van der Waals surface area contributed by atoms with Crippen LogP contribution in [0.1, 0.15) is 0 Å². The fraction of sp³-hybridized carbons (Fsp3) is 0. The van der Waals surface area contributed by atoms with E-state index in [1.165, 1.54) is 0 Å². The Morgan fingerprint density at radius 2 is 0.375 bits per heavy atom. The molecule has 0 saturated heterocycles. The first-order valence-corrected chi connectivity index (χ1v) is 0. The van der Waals surface area contributed by atoms with E-state index in [4.69, 9.17) is 0 Å². The van der Waals surface area contributed by atoms with Crippen LogP contribution in [-0.2, 0) is 37.1 Å². The average Bonchev–Trinajstić information content (AvgIpc) is 0. The SMILES string of the molecule is O.O.[F-].[F-].[F-].[F-].[V+2].[V+2]. The summed E-state index contributed by atoms with van der Waals surface area (Å²) in [5.41, 5.74) is 0. The van der Waals surface area contributed by atoms with Gasteiger partial charge in [-0.15, -0.1) is 0 Å². The Hall–Kier alpha value is 0.809. The van der Waals surface area contributed by atoms with Crippen LogP contribution in [0, 0.1) is 0 Å². The summed E-state index contributed by atoms with van der Waals surface area (Å²) in [5, 5.41) is 0. The van der Waals surface area contributed by atoms with E-state index in [-0.39, 0.29) is 66.9 Å². The van der Waals surface area contributed by atoms with Gasteiger partial charge in [-0.3, -0.25) is 0 Å². The summed E-state index contributed by atoms with van der Waals surface area (Å²) < 4.78 is 0. The molecule has 0 aromatic rings. The standard InChI is InChI=1S/4FH.2H2O.2V/h4*1H;2*1H2;;/q;;;;;;2*+2/p-4. The van der Waals surface area contributed by atoms with Gasteiger partial charge in [-0.2, -0.15) is 0 Å². The summed E-state index contributed by atoms with van der Waals surface area (Å²) in [6, 6.07) is 0. The third kappa shape index (κ3) is 351. The molecule has 8 heteroatoms. The minimum Gasteiger partial charge on any atom is -1.00 e. The molecule has 4 N–H and O–H groups in total. The Kier molecular flexibility index (Phi) is 56800. The molecule has 0 aromatic carbocycles. The molecule has 0 aliphatic heterocycles. The van der Waals surface area contributed by atoms with Crippen molar-refractivity contribution in [3.63, 3.8) is 0 Å². The first kappa shape index (κ1) is 821. The van der Waals surface area contributed by atoms with Crippen LogP contribution in [0.3, 0.4) is 0 Å². The topological polar surface area (TPSA) is 63.0 Å². The molecular weight excluding hydrogens is 210 g/mol.